The zero-order valence-electron chi connectivity index (χ0n) is 17.1. The molecule has 0 atom stereocenters. The molecule has 10 heteroatoms. The summed E-state index contributed by atoms with van der Waals surface area (Å²) in [6, 6.07) is 17.5. The van der Waals surface area contributed by atoms with E-state index >= 15 is 0 Å². The molecule has 166 valence electrons. The lowest BCUT2D eigenvalue weighted by molar-refractivity contribution is 0.0427. The van der Waals surface area contributed by atoms with E-state index in [1.807, 2.05) is 0 Å². The molecule has 0 aliphatic rings. The molecular weight excluding hydrogens is 444 g/mol. The van der Waals surface area contributed by atoms with Gasteiger partial charge >= 0.3 is 11.9 Å². The van der Waals surface area contributed by atoms with Crippen LogP contribution in [0.15, 0.2) is 92.0 Å². The number of hydrogen-bond donors (Lipinski definition) is 0. The van der Waals surface area contributed by atoms with Gasteiger partial charge in [-0.1, -0.05) is 45.9 Å². The molecule has 2 heterocycles. The van der Waals surface area contributed by atoms with Gasteiger partial charge in [0.05, 0.1) is 32.7 Å². The Labute approximate surface area is 188 Å². The maximum absolute atomic E-state index is 12.7. The summed E-state index contributed by atoms with van der Waals surface area (Å²) in [5, 5.41) is -0.937. The predicted molar refractivity (Wildman–Crippen MR) is 120 cm³/mol. The van der Waals surface area contributed by atoms with Crippen molar-refractivity contribution in [2.75, 3.05) is 0 Å². The minimum absolute atomic E-state index is 0.114. The molecule has 0 bridgehead atoms. The summed E-state index contributed by atoms with van der Waals surface area (Å²) in [7, 11) is 0. The van der Waals surface area contributed by atoms with Crippen molar-refractivity contribution in [3.05, 3.63) is 125 Å². The highest BCUT2D eigenvalue weighted by Gasteiger charge is 2.23. The summed E-state index contributed by atoms with van der Waals surface area (Å²) < 4.78 is 0.550. The first-order valence-corrected chi connectivity index (χ1v) is 9.87. The lowest BCUT2D eigenvalue weighted by atomic mass is 10.1. The van der Waals surface area contributed by atoms with E-state index in [9.17, 15) is 28.8 Å². The quantitative estimate of drug-likeness (QED) is 0.381. The van der Waals surface area contributed by atoms with E-state index in [-0.39, 0.29) is 42.1 Å². The third kappa shape index (κ3) is 3.21. The Bertz CT molecular complexity index is 1600. The van der Waals surface area contributed by atoms with Gasteiger partial charge in [-0.2, -0.15) is 0 Å². The Morgan fingerprint density at radius 2 is 0.794 bits per heavy atom. The molecule has 0 unspecified atom stereocenters. The second kappa shape index (κ2) is 7.78. The average molecular weight is 456 g/mol. The van der Waals surface area contributed by atoms with Gasteiger partial charge in [-0.15, -0.1) is 0 Å². The summed E-state index contributed by atoms with van der Waals surface area (Å²) in [6.07, 6.45) is 0. The van der Waals surface area contributed by atoms with Gasteiger partial charge in [0.15, 0.2) is 0 Å². The minimum Gasteiger partial charge on any atom is -0.324 e. The van der Waals surface area contributed by atoms with Crippen LogP contribution >= 0.6 is 0 Å². The lowest BCUT2D eigenvalue weighted by Crippen LogP contribution is -2.36. The Morgan fingerprint density at radius 1 is 0.500 bits per heavy atom. The van der Waals surface area contributed by atoms with Crippen LogP contribution < -0.4 is 31.9 Å². The molecule has 3 aromatic carbocycles. The zero-order valence-corrected chi connectivity index (χ0v) is 17.1. The average Bonchev–Trinajstić information content (AvgIpc) is 3.24. The fourth-order valence-electron chi connectivity index (χ4n) is 3.52. The summed E-state index contributed by atoms with van der Waals surface area (Å²) in [5.41, 5.74) is -3.69. The number of carbonyl (C=O) groups is 2. The number of aromatic nitrogens is 2. The van der Waals surface area contributed by atoms with Crippen LogP contribution in [0.25, 0.3) is 21.5 Å². The van der Waals surface area contributed by atoms with Crippen LogP contribution in [0, 0.1) is 0 Å². The molecule has 5 aromatic rings. The predicted octanol–water partition coefficient (Wildman–Crippen LogP) is 0.450. The lowest BCUT2D eigenvalue weighted by Gasteiger charge is -2.01. The standard InChI is InChI=1S/C24H12N2O8/c27-19-15-11-17-18(22(30)26(21(17)29)34-24(32)14-9-5-2-6-10-14)12-16(15)20(28)25(19)33-23(31)13-7-3-1-4-8-13/h1-12H. The zero-order chi connectivity index (χ0) is 24.0. The Balaban J connectivity index is 1.59. The van der Waals surface area contributed by atoms with Crippen molar-refractivity contribution in [2.24, 2.45) is 0 Å². The Hall–Kier alpha value is -5.12. The van der Waals surface area contributed by atoms with Crippen molar-refractivity contribution in [3.63, 3.8) is 0 Å². The Morgan fingerprint density at radius 3 is 1.09 bits per heavy atom. The molecule has 0 aliphatic heterocycles. The van der Waals surface area contributed by atoms with Gasteiger partial charge in [0.2, 0.25) is 0 Å². The van der Waals surface area contributed by atoms with E-state index in [2.05, 4.69) is 0 Å². The van der Waals surface area contributed by atoms with Crippen LogP contribution in [0.5, 0.6) is 0 Å². The van der Waals surface area contributed by atoms with Crippen LogP contribution in [0.4, 0.5) is 0 Å². The van der Waals surface area contributed by atoms with Crippen LogP contribution in [-0.2, 0) is 0 Å². The molecule has 0 amide bonds. The minimum atomic E-state index is -0.980. The number of rotatable bonds is 4. The summed E-state index contributed by atoms with van der Waals surface area (Å²) in [4.78, 5) is 85.4. The monoisotopic (exact) mass is 456 g/mol. The topological polar surface area (TPSA) is 131 Å². The van der Waals surface area contributed by atoms with Gasteiger partial charge in [-0.05, 0) is 36.4 Å². The van der Waals surface area contributed by atoms with Crippen LogP contribution in [0.1, 0.15) is 20.7 Å². The molecular formula is C24H12N2O8. The fourth-order valence-corrected chi connectivity index (χ4v) is 3.52. The first kappa shape index (κ1) is 20.8. The third-order valence-corrected chi connectivity index (χ3v) is 5.18. The van der Waals surface area contributed by atoms with Gasteiger partial charge in [-0.25, -0.2) is 9.59 Å². The van der Waals surface area contributed by atoms with Crippen LogP contribution in [0.2, 0.25) is 0 Å². The van der Waals surface area contributed by atoms with E-state index in [4.69, 9.17) is 9.68 Å². The summed E-state index contributed by atoms with van der Waals surface area (Å²) in [5.74, 6) is -1.87. The van der Waals surface area contributed by atoms with Crippen molar-refractivity contribution in [1.29, 1.82) is 0 Å². The van der Waals surface area contributed by atoms with Crippen LogP contribution in [-0.4, -0.2) is 21.4 Å². The van der Waals surface area contributed by atoms with Crippen molar-refractivity contribution in [3.8, 4) is 0 Å². The molecule has 0 aliphatic carbocycles. The fraction of sp³-hybridized carbons (Fsp3) is 0. The van der Waals surface area contributed by atoms with Gasteiger partial charge < -0.3 is 9.68 Å². The third-order valence-electron chi connectivity index (χ3n) is 5.18. The molecule has 0 fully saturated rings. The molecule has 10 nitrogen and oxygen atoms in total. The maximum Gasteiger partial charge on any atom is 0.363 e. The number of fused-ring (bicyclic) bond motifs is 2. The van der Waals surface area contributed by atoms with E-state index in [1.165, 1.54) is 24.3 Å². The number of hydrogen-bond acceptors (Lipinski definition) is 8. The Kier molecular flexibility index (Phi) is 4.75. The molecule has 0 saturated heterocycles. The van der Waals surface area contributed by atoms with E-state index in [0.29, 0.717) is 0 Å². The first-order chi connectivity index (χ1) is 16.4. The number of benzene rings is 3. The highest BCUT2D eigenvalue weighted by Crippen LogP contribution is 2.14. The largest absolute Gasteiger partial charge is 0.363 e. The summed E-state index contributed by atoms with van der Waals surface area (Å²) >= 11 is 0. The number of carbonyl (C=O) groups excluding carboxylic acids is 2. The second-order valence-corrected chi connectivity index (χ2v) is 7.24. The first-order valence-electron chi connectivity index (χ1n) is 9.87. The molecule has 0 N–H and O–H groups in total. The normalized spacial score (nSPS) is 11.1. The second-order valence-electron chi connectivity index (χ2n) is 7.24. The molecule has 2 aromatic heterocycles. The van der Waals surface area contributed by atoms with E-state index in [1.54, 1.807) is 36.4 Å². The van der Waals surface area contributed by atoms with Gasteiger partial charge in [-0.3, -0.25) is 19.2 Å². The maximum atomic E-state index is 12.7. The summed E-state index contributed by atoms with van der Waals surface area (Å²) in [6.45, 7) is 0. The molecule has 0 saturated carbocycles. The van der Waals surface area contributed by atoms with Crippen molar-refractivity contribution in [1.82, 2.24) is 9.46 Å². The van der Waals surface area contributed by atoms with E-state index < -0.39 is 34.2 Å². The SMILES string of the molecule is O=C(On1c(=O)c2cc3c(=O)n(OC(=O)c4ccccc4)c(=O)c3cc2c1=O)c1ccccc1. The smallest absolute Gasteiger partial charge is 0.324 e. The van der Waals surface area contributed by atoms with Gasteiger partial charge in [0, 0.05) is 0 Å². The van der Waals surface area contributed by atoms with Crippen molar-refractivity contribution >= 4 is 33.5 Å². The van der Waals surface area contributed by atoms with Crippen molar-refractivity contribution in [2.45, 2.75) is 0 Å². The molecule has 34 heavy (non-hydrogen) atoms. The highest BCUT2D eigenvalue weighted by atomic mass is 16.7. The van der Waals surface area contributed by atoms with Gasteiger partial charge in [0.25, 0.3) is 22.2 Å². The van der Waals surface area contributed by atoms with Gasteiger partial charge in [0.1, 0.15) is 0 Å². The molecule has 0 spiro atoms. The van der Waals surface area contributed by atoms with Crippen LogP contribution in [0.3, 0.4) is 0 Å². The van der Waals surface area contributed by atoms with Crippen molar-refractivity contribution < 1.29 is 19.3 Å². The highest BCUT2D eigenvalue weighted by molar-refractivity contribution is 5.98. The molecule has 0 radical (unpaired) electrons. The molecule has 5 rings (SSSR count). The number of nitrogens with zero attached hydrogens (tertiary/aromatic N) is 2. The van der Waals surface area contributed by atoms with E-state index in [0.717, 1.165) is 12.1 Å².